The van der Waals surface area contributed by atoms with Crippen molar-refractivity contribution in [3.8, 4) is 0 Å². The Labute approximate surface area is 285 Å². The Bertz CT molecular complexity index is 1670. The number of rotatable bonds is 12. The molecule has 2 unspecified atom stereocenters. The molecule has 0 radical (unpaired) electrons. The highest BCUT2D eigenvalue weighted by Crippen LogP contribution is 2.72. The number of aliphatic hydroxyl groups excluding tert-OH is 1. The highest BCUT2D eigenvalue weighted by Gasteiger charge is 2.78. The van der Waals surface area contributed by atoms with Gasteiger partial charge in [0.05, 0.1) is 39.9 Å². The summed E-state index contributed by atoms with van der Waals surface area (Å²) in [6, 6.07) is 24.6. The van der Waals surface area contributed by atoms with Crippen LogP contribution >= 0.6 is 23.4 Å². The second kappa shape index (κ2) is 13.3. The second-order valence-electron chi connectivity index (χ2n) is 12.8. The predicted octanol–water partition coefficient (Wildman–Crippen LogP) is 6.16. The smallest absolute Gasteiger partial charge is 0.251 e. The summed E-state index contributed by atoms with van der Waals surface area (Å²) in [6.45, 7) is 10.00. The van der Waals surface area contributed by atoms with E-state index in [1.807, 2.05) is 66.7 Å². The van der Waals surface area contributed by atoms with E-state index in [0.717, 1.165) is 11.3 Å². The van der Waals surface area contributed by atoms with Crippen LogP contribution in [0.15, 0.2) is 110 Å². The molecule has 3 fully saturated rings. The summed E-state index contributed by atoms with van der Waals surface area (Å²) in [7, 11) is 0. The number of thioether (sulfide) groups is 1. The van der Waals surface area contributed by atoms with E-state index < -0.39 is 33.4 Å². The number of halogens is 1. The summed E-state index contributed by atoms with van der Waals surface area (Å²) in [4.78, 5) is 49.8. The topological polar surface area (TPSA) is 81.2 Å². The van der Waals surface area contributed by atoms with Gasteiger partial charge in [-0.3, -0.25) is 14.4 Å². The lowest BCUT2D eigenvalue weighted by Crippen LogP contribution is -2.58. The van der Waals surface area contributed by atoms with Crippen molar-refractivity contribution >= 4 is 52.5 Å². The molecule has 0 aliphatic carbocycles. The van der Waals surface area contributed by atoms with Crippen LogP contribution in [0.5, 0.6) is 0 Å². The van der Waals surface area contributed by atoms with Gasteiger partial charge in [-0.1, -0.05) is 84.4 Å². The first-order valence-electron chi connectivity index (χ1n) is 16.0. The third-order valence-corrected chi connectivity index (χ3v) is 12.3. The van der Waals surface area contributed by atoms with E-state index in [-0.39, 0.29) is 37.4 Å². The molecule has 1 spiro atoms. The summed E-state index contributed by atoms with van der Waals surface area (Å²) in [5.41, 5.74) is 2.19. The van der Waals surface area contributed by atoms with Crippen molar-refractivity contribution in [2.45, 2.75) is 47.8 Å². The molecule has 47 heavy (non-hydrogen) atoms. The van der Waals surface area contributed by atoms with Crippen molar-refractivity contribution in [3.05, 3.63) is 121 Å². The van der Waals surface area contributed by atoms with Crippen molar-refractivity contribution < 1.29 is 19.5 Å². The quantitative estimate of drug-likeness (QED) is 0.234. The van der Waals surface area contributed by atoms with Gasteiger partial charge in [0.1, 0.15) is 6.04 Å². The Morgan fingerprint density at radius 3 is 2.21 bits per heavy atom. The van der Waals surface area contributed by atoms with Crippen LogP contribution < -0.4 is 9.80 Å². The molecule has 3 heterocycles. The van der Waals surface area contributed by atoms with Crippen LogP contribution in [-0.2, 0) is 20.8 Å². The number of amides is 3. The molecule has 9 heteroatoms. The fraction of sp³-hybridized carbons (Fsp3) is 0.342. The number of aliphatic hydroxyl groups is 1. The van der Waals surface area contributed by atoms with Crippen LogP contribution in [0, 0.1) is 11.8 Å². The Hall–Kier alpha value is -3.85. The normalized spacial score (nSPS) is 26.5. The molecule has 2 bridgehead atoms. The molecule has 3 aromatic rings. The molecule has 244 valence electrons. The number of carbonyl (C=O) groups is 3. The molecular formula is C38H40ClN3O4S. The van der Waals surface area contributed by atoms with Gasteiger partial charge >= 0.3 is 0 Å². The molecule has 3 aromatic carbocycles. The largest absolute Gasteiger partial charge is 0.394 e. The molecule has 1 N–H and O–H groups in total. The molecule has 0 saturated carbocycles. The maximum Gasteiger partial charge on any atom is 0.251 e. The lowest BCUT2D eigenvalue weighted by molar-refractivity contribution is -0.142. The van der Waals surface area contributed by atoms with Crippen molar-refractivity contribution in [1.29, 1.82) is 0 Å². The van der Waals surface area contributed by atoms with Gasteiger partial charge in [0, 0.05) is 23.5 Å². The number of hydrogen-bond donors (Lipinski definition) is 1. The zero-order valence-corrected chi connectivity index (χ0v) is 28.1. The van der Waals surface area contributed by atoms with Gasteiger partial charge < -0.3 is 19.8 Å². The molecule has 3 aliphatic rings. The van der Waals surface area contributed by atoms with E-state index in [9.17, 15) is 9.90 Å². The minimum absolute atomic E-state index is 0.156. The molecule has 3 saturated heterocycles. The number of carbonyl (C=O) groups excluding carboxylic acids is 3. The maximum absolute atomic E-state index is 15.1. The molecule has 6 rings (SSSR count). The molecule has 3 amide bonds. The van der Waals surface area contributed by atoms with Gasteiger partial charge in [0.15, 0.2) is 0 Å². The lowest BCUT2D eigenvalue weighted by Gasteiger charge is -2.40. The van der Waals surface area contributed by atoms with Crippen LogP contribution in [0.3, 0.4) is 0 Å². The third kappa shape index (κ3) is 5.60. The summed E-state index contributed by atoms with van der Waals surface area (Å²) in [6.07, 6.45) is 4.95. The van der Waals surface area contributed by atoms with Crippen LogP contribution in [0.1, 0.15) is 25.3 Å². The zero-order valence-electron chi connectivity index (χ0n) is 26.5. The van der Waals surface area contributed by atoms with E-state index in [4.69, 9.17) is 11.6 Å². The molecule has 7 nitrogen and oxygen atoms in total. The van der Waals surface area contributed by atoms with E-state index in [1.165, 1.54) is 0 Å². The van der Waals surface area contributed by atoms with Crippen molar-refractivity contribution in [2.24, 2.45) is 11.8 Å². The first-order valence-corrected chi connectivity index (χ1v) is 17.2. The Balaban J connectivity index is 1.48. The van der Waals surface area contributed by atoms with Crippen LogP contribution in [0.2, 0.25) is 5.02 Å². The van der Waals surface area contributed by atoms with Gasteiger partial charge in [-0.05, 0) is 56.0 Å². The van der Waals surface area contributed by atoms with Crippen molar-refractivity contribution in [2.75, 3.05) is 29.5 Å². The highest BCUT2D eigenvalue weighted by molar-refractivity contribution is 8.02. The first-order chi connectivity index (χ1) is 22.7. The number of hydrogen-bond acceptors (Lipinski definition) is 5. The Kier molecular flexibility index (Phi) is 9.38. The van der Waals surface area contributed by atoms with Crippen LogP contribution in [0.25, 0.3) is 0 Å². The standard InChI is InChI=1S/C38H40ClN3O4S/c1-4-22-40(27-16-10-7-11-17-27)34(44)31-32-35(45)42(28(25-43)24-26-14-8-6-9-15-26)33(38(32)21-20-37(31,3)47-38)36(46)41(23-5-2)30-19-13-12-18-29(30)39/h4-19,28,31-33,43H,1-2,20-25H2,3H3/t28-,31+,32+,33?,37-,38?/m1/s1. The van der Waals surface area contributed by atoms with Gasteiger partial charge in [-0.15, -0.1) is 24.9 Å². The number of para-hydroxylation sites is 2. The Morgan fingerprint density at radius 1 is 0.957 bits per heavy atom. The molecule has 3 aliphatic heterocycles. The van der Waals surface area contributed by atoms with Gasteiger partial charge in [-0.25, -0.2) is 0 Å². The number of anilines is 2. The number of fused-ring (bicyclic) bond motifs is 1. The Morgan fingerprint density at radius 2 is 1.57 bits per heavy atom. The van der Waals surface area contributed by atoms with Crippen LogP contribution in [-0.4, -0.2) is 69.0 Å². The van der Waals surface area contributed by atoms with E-state index in [1.54, 1.807) is 56.8 Å². The summed E-state index contributed by atoms with van der Waals surface area (Å²) < 4.78 is -1.46. The first kappa shape index (κ1) is 33.1. The third-order valence-electron chi connectivity index (χ3n) is 10.00. The average molecular weight is 670 g/mol. The highest BCUT2D eigenvalue weighted by atomic mass is 35.5. The van der Waals surface area contributed by atoms with Crippen molar-refractivity contribution in [3.63, 3.8) is 0 Å². The lowest BCUT2D eigenvalue weighted by atomic mass is 9.66. The van der Waals surface area contributed by atoms with Gasteiger partial charge in [0.2, 0.25) is 11.8 Å². The summed E-state index contributed by atoms with van der Waals surface area (Å²) in [5.74, 6) is -2.16. The predicted molar refractivity (Wildman–Crippen MR) is 190 cm³/mol. The van der Waals surface area contributed by atoms with Crippen molar-refractivity contribution in [1.82, 2.24) is 4.90 Å². The number of nitrogens with zero attached hydrogens (tertiary/aromatic N) is 3. The van der Waals surface area contributed by atoms with Gasteiger partial charge in [-0.2, -0.15) is 0 Å². The summed E-state index contributed by atoms with van der Waals surface area (Å²) in [5, 5.41) is 11.3. The van der Waals surface area contributed by atoms with Gasteiger partial charge in [0.25, 0.3) is 5.91 Å². The average Bonchev–Trinajstić information content (AvgIpc) is 3.66. The minimum atomic E-state index is -0.939. The van der Waals surface area contributed by atoms with E-state index in [2.05, 4.69) is 20.1 Å². The van der Waals surface area contributed by atoms with Crippen LogP contribution in [0.4, 0.5) is 11.4 Å². The maximum atomic E-state index is 15.1. The monoisotopic (exact) mass is 669 g/mol. The number of benzene rings is 3. The summed E-state index contributed by atoms with van der Waals surface area (Å²) >= 11 is 8.26. The second-order valence-corrected chi connectivity index (χ2v) is 15.1. The molecule has 6 atom stereocenters. The zero-order chi connectivity index (χ0) is 33.3. The van der Waals surface area contributed by atoms with E-state index >= 15 is 9.59 Å². The SMILES string of the molecule is C=CCN(C(=O)[C@@H]1[C@H]2C(=O)N([C@@H](CO)Cc3ccccc3)C(C(=O)N(CC=C)c3ccccc3Cl)C23CC[C@@]1(C)S3)c1ccccc1. The minimum Gasteiger partial charge on any atom is -0.394 e. The fourth-order valence-corrected chi connectivity index (χ4v) is 10.6. The van der Waals surface area contributed by atoms with E-state index in [0.29, 0.717) is 30.0 Å². The molecular weight excluding hydrogens is 630 g/mol. The molecule has 0 aromatic heterocycles. The number of likely N-dealkylation sites (tertiary alicyclic amines) is 1. The fourth-order valence-electron chi connectivity index (χ4n) is 8.03.